The zero-order valence-corrected chi connectivity index (χ0v) is 12.0. The van der Waals surface area contributed by atoms with Crippen LogP contribution < -0.4 is 5.32 Å². The third kappa shape index (κ3) is 2.89. The molecule has 3 rings (SSSR count). The monoisotopic (exact) mass is 251 g/mol. The van der Waals surface area contributed by atoms with Crippen LogP contribution in [0.1, 0.15) is 39.0 Å². The van der Waals surface area contributed by atoms with E-state index in [0.29, 0.717) is 5.41 Å². The normalized spacial score (nSPS) is 39.5. The number of nitrogens with zero attached hydrogens (tertiary/aromatic N) is 2. The quantitative estimate of drug-likeness (QED) is 0.821. The Bertz CT molecular complexity index is 267. The Morgan fingerprint density at radius 2 is 2.00 bits per heavy atom. The molecule has 0 radical (unpaired) electrons. The minimum Gasteiger partial charge on any atom is -0.316 e. The molecule has 3 aliphatic rings. The summed E-state index contributed by atoms with van der Waals surface area (Å²) >= 11 is 0. The van der Waals surface area contributed by atoms with Crippen molar-refractivity contribution in [1.29, 1.82) is 0 Å². The van der Waals surface area contributed by atoms with Gasteiger partial charge in [0.25, 0.3) is 0 Å². The predicted octanol–water partition coefficient (Wildman–Crippen LogP) is 1.55. The molecule has 0 aromatic carbocycles. The van der Waals surface area contributed by atoms with Crippen molar-refractivity contribution < 1.29 is 0 Å². The summed E-state index contributed by atoms with van der Waals surface area (Å²) in [4.78, 5) is 5.49. The molecular formula is C15H29N3. The van der Waals surface area contributed by atoms with E-state index in [1.54, 1.807) is 0 Å². The largest absolute Gasteiger partial charge is 0.316 e. The van der Waals surface area contributed by atoms with Gasteiger partial charge in [0.05, 0.1) is 0 Å². The molecule has 0 saturated carbocycles. The van der Waals surface area contributed by atoms with Crippen molar-refractivity contribution in [2.45, 2.75) is 45.1 Å². The van der Waals surface area contributed by atoms with Gasteiger partial charge in [-0.15, -0.1) is 0 Å². The van der Waals surface area contributed by atoms with Crippen LogP contribution in [0.3, 0.4) is 0 Å². The maximum Gasteiger partial charge on any atom is 0.0235 e. The lowest BCUT2D eigenvalue weighted by Gasteiger charge is -2.33. The van der Waals surface area contributed by atoms with Gasteiger partial charge in [-0.1, -0.05) is 13.3 Å². The zero-order chi connectivity index (χ0) is 12.4. The van der Waals surface area contributed by atoms with Gasteiger partial charge in [0, 0.05) is 25.7 Å². The van der Waals surface area contributed by atoms with E-state index in [-0.39, 0.29) is 0 Å². The molecule has 3 heterocycles. The highest BCUT2D eigenvalue weighted by Crippen LogP contribution is 2.28. The summed E-state index contributed by atoms with van der Waals surface area (Å²) in [7, 11) is 0. The summed E-state index contributed by atoms with van der Waals surface area (Å²) in [5.41, 5.74) is 0.538. The minimum atomic E-state index is 0.538. The summed E-state index contributed by atoms with van der Waals surface area (Å²) < 4.78 is 0. The van der Waals surface area contributed by atoms with Crippen LogP contribution in [-0.2, 0) is 0 Å². The lowest BCUT2D eigenvalue weighted by molar-refractivity contribution is 0.149. The van der Waals surface area contributed by atoms with Gasteiger partial charge in [-0.2, -0.15) is 0 Å². The van der Waals surface area contributed by atoms with E-state index in [4.69, 9.17) is 0 Å². The Kier molecular flexibility index (Phi) is 3.92. The number of piperidine rings is 1. The van der Waals surface area contributed by atoms with Crippen molar-refractivity contribution in [3.63, 3.8) is 0 Å². The van der Waals surface area contributed by atoms with Crippen LogP contribution in [0.15, 0.2) is 0 Å². The summed E-state index contributed by atoms with van der Waals surface area (Å²) in [5.74, 6) is 0. The molecular weight excluding hydrogens is 222 g/mol. The van der Waals surface area contributed by atoms with Crippen molar-refractivity contribution in [3.05, 3.63) is 0 Å². The van der Waals surface area contributed by atoms with Crippen LogP contribution >= 0.6 is 0 Å². The van der Waals surface area contributed by atoms with Gasteiger partial charge in [0.2, 0.25) is 0 Å². The van der Waals surface area contributed by atoms with Crippen LogP contribution in [0, 0.1) is 5.41 Å². The second-order valence-corrected chi connectivity index (χ2v) is 7.01. The highest BCUT2D eigenvalue weighted by atomic mass is 15.3. The fourth-order valence-electron chi connectivity index (χ4n) is 4.08. The Labute approximate surface area is 112 Å². The van der Waals surface area contributed by atoms with Crippen molar-refractivity contribution >= 4 is 0 Å². The molecule has 3 saturated heterocycles. The number of hydrogen-bond donors (Lipinski definition) is 1. The second kappa shape index (κ2) is 5.48. The number of rotatable bonds is 3. The van der Waals surface area contributed by atoms with Crippen LogP contribution in [0.2, 0.25) is 0 Å². The molecule has 0 aliphatic carbocycles. The molecule has 2 atom stereocenters. The first-order valence-electron chi connectivity index (χ1n) is 7.92. The van der Waals surface area contributed by atoms with Gasteiger partial charge >= 0.3 is 0 Å². The number of likely N-dealkylation sites (tertiary alicyclic amines) is 2. The van der Waals surface area contributed by atoms with E-state index in [1.165, 1.54) is 77.9 Å². The summed E-state index contributed by atoms with van der Waals surface area (Å²) in [5, 5.41) is 3.52. The van der Waals surface area contributed by atoms with Gasteiger partial charge in [-0.05, 0) is 57.3 Å². The molecule has 3 heteroatoms. The van der Waals surface area contributed by atoms with E-state index in [0.717, 1.165) is 6.04 Å². The van der Waals surface area contributed by atoms with Gasteiger partial charge in [-0.3, -0.25) is 4.90 Å². The topological polar surface area (TPSA) is 18.5 Å². The lowest BCUT2D eigenvalue weighted by atomic mass is 9.89. The van der Waals surface area contributed by atoms with E-state index < -0.39 is 0 Å². The van der Waals surface area contributed by atoms with E-state index in [2.05, 4.69) is 22.0 Å². The molecule has 2 unspecified atom stereocenters. The van der Waals surface area contributed by atoms with Crippen molar-refractivity contribution in [2.24, 2.45) is 5.41 Å². The van der Waals surface area contributed by atoms with Crippen molar-refractivity contribution in [3.8, 4) is 0 Å². The molecule has 3 nitrogen and oxygen atoms in total. The van der Waals surface area contributed by atoms with Crippen LogP contribution in [0.4, 0.5) is 0 Å². The first kappa shape index (κ1) is 12.9. The van der Waals surface area contributed by atoms with E-state index in [1.807, 2.05) is 0 Å². The second-order valence-electron chi connectivity index (χ2n) is 7.01. The molecule has 0 spiro atoms. The van der Waals surface area contributed by atoms with E-state index >= 15 is 0 Å². The SMILES string of the molecule is CC1(CN2CCC(N3CCCCC3)C2)CCNC1. The first-order valence-corrected chi connectivity index (χ1v) is 7.92. The average Bonchev–Trinajstić information content (AvgIpc) is 3.00. The maximum atomic E-state index is 3.52. The highest BCUT2D eigenvalue weighted by Gasteiger charge is 2.35. The van der Waals surface area contributed by atoms with Crippen LogP contribution in [-0.4, -0.2) is 61.7 Å². The molecule has 1 N–H and O–H groups in total. The molecule has 0 bridgehead atoms. The fraction of sp³-hybridized carbons (Fsp3) is 1.00. The molecule has 104 valence electrons. The summed E-state index contributed by atoms with van der Waals surface area (Å²) in [6, 6.07) is 0.864. The third-order valence-corrected chi connectivity index (χ3v) is 5.22. The average molecular weight is 251 g/mol. The van der Waals surface area contributed by atoms with Crippen molar-refractivity contribution in [2.75, 3.05) is 45.8 Å². The smallest absolute Gasteiger partial charge is 0.0235 e. The molecule has 3 aliphatic heterocycles. The summed E-state index contributed by atoms with van der Waals surface area (Å²) in [6.07, 6.45) is 7.08. The molecule has 0 amide bonds. The third-order valence-electron chi connectivity index (χ3n) is 5.22. The Morgan fingerprint density at radius 1 is 1.17 bits per heavy atom. The standard InChI is InChI=1S/C15H29N3/c1-15(6-7-16-12-15)13-17-10-5-14(11-17)18-8-3-2-4-9-18/h14,16H,2-13H2,1H3. The zero-order valence-electron chi connectivity index (χ0n) is 12.0. The minimum absolute atomic E-state index is 0.538. The van der Waals surface area contributed by atoms with Gasteiger partial charge < -0.3 is 10.2 Å². The van der Waals surface area contributed by atoms with Crippen LogP contribution in [0.25, 0.3) is 0 Å². The predicted molar refractivity (Wildman–Crippen MR) is 75.9 cm³/mol. The van der Waals surface area contributed by atoms with Gasteiger partial charge in [-0.25, -0.2) is 0 Å². The lowest BCUT2D eigenvalue weighted by Crippen LogP contribution is -2.42. The molecule has 3 fully saturated rings. The number of nitrogens with one attached hydrogen (secondary N) is 1. The Morgan fingerprint density at radius 3 is 2.72 bits per heavy atom. The Balaban J connectivity index is 1.48. The first-order chi connectivity index (χ1) is 8.75. The molecule has 0 aromatic heterocycles. The summed E-state index contributed by atoms with van der Waals surface area (Å²) in [6.45, 7) is 11.6. The van der Waals surface area contributed by atoms with Gasteiger partial charge in [0.1, 0.15) is 0 Å². The Hall–Kier alpha value is -0.120. The van der Waals surface area contributed by atoms with E-state index in [9.17, 15) is 0 Å². The van der Waals surface area contributed by atoms with Gasteiger partial charge in [0.15, 0.2) is 0 Å². The maximum absolute atomic E-state index is 3.52. The fourth-order valence-corrected chi connectivity index (χ4v) is 4.08. The van der Waals surface area contributed by atoms with Crippen LogP contribution in [0.5, 0.6) is 0 Å². The molecule has 18 heavy (non-hydrogen) atoms. The van der Waals surface area contributed by atoms with Crippen molar-refractivity contribution in [1.82, 2.24) is 15.1 Å². The number of hydrogen-bond acceptors (Lipinski definition) is 3. The molecule has 0 aromatic rings. The highest BCUT2D eigenvalue weighted by molar-refractivity contribution is 4.91.